The number of fused-ring (bicyclic) bond motifs is 1. The van der Waals surface area contributed by atoms with Crippen LogP contribution in [0.3, 0.4) is 0 Å². The summed E-state index contributed by atoms with van der Waals surface area (Å²) < 4.78 is 0.0379. The smallest absolute Gasteiger partial charge is 0.0635 e. The van der Waals surface area contributed by atoms with Crippen LogP contribution in [0.2, 0.25) is 0 Å². The molecule has 0 aromatic heterocycles. The van der Waals surface area contributed by atoms with Crippen LogP contribution >= 0.6 is 11.8 Å². The Kier molecular flexibility index (Phi) is 3.48. The van der Waals surface area contributed by atoms with Crippen molar-refractivity contribution in [1.82, 2.24) is 0 Å². The quantitative estimate of drug-likeness (QED) is 0.688. The number of rotatable bonds is 3. The molecule has 0 nitrogen and oxygen atoms in total. The minimum absolute atomic E-state index is 0.0379. The minimum Gasteiger partial charge on any atom is -0.110 e. The first-order valence-corrected chi connectivity index (χ1v) is 7.62. The maximum atomic E-state index is 4.13. The van der Waals surface area contributed by atoms with Gasteiger partial charge in [0.05, 0.1) is 4.75 Å². The summed E-state index contributed by atoms with van der Waals surface area (Å²) in [4.78, 5) is 1.32. The van der Waals surface area contributed by atoms with Gasteiger partial charge in [-0.3, -0.25) is 0 Å². The van der Waals surface area contributed by atoms with Crippen LogP contribution in [0.15, 0.2) is 72.1 Å². The number of hydrogen-bond acceptors (Lipinski definition) is 1. The Morgan fingerprint density at radius 2 is 1.74 bits per heavy atom. The van der Waals surface area contributed by atoms with Crippen LogP contribution in [-0.4, -0.2) is 0 Å². The van der Waals surface area contributed by atoms with Crippen molar-refractivity contribution < 1.29 is 0 Å². The van der Waals surface area contributed by atoms with E-state index >= 15 is 0 Å². The molecule has 0 heterocycles. The summed E-state index contributed by atoms with van der Waals surface area (Å²) in [5, 5.41) is 0. The lowest BCUT2D eigenvalue weighted by atomic mass is 9.82. The Morgan fingerprint density at radius 3 is 2.53 bits per heavy atom. The van der Waals surface area contributed by atoms with E-state index in [1.165, 1.54) is 35.3 Å². The van der Waals surface area contributed by atoms with Crippen molar-refractivity contribution in [3.8, 4) is 0 Å². The van der Waals surface area contributed by atoms with E-state index in [9.17, 15) is 0 Å². The molecule has 2 aromatic rings. The summed E-state index contributed by atoms with van der Waals surface area (Å²) >= 11 is 1.94. The normalized spacial score (nSPS) is 21.7. The molecule has 0 aliphatic heterocycles. The summed E-state index contributed by atoms with van der Waals surface area (Å²) in [5.41, 5.74) is 2.93. The van der Waals surface area contributed by atoms with Crippen molar-refractivity contribution in [1.29, 1.82) is 0 Å². The molecule has 0 spiro atoms. The largest absolute Gasteiger partial charge is 0.110 e. The predicted octanol–water partition coefficient (Wildman–Crippen LogP) is 5.20. The second-order valence-corrected chi connectivity index (χ2v) is 6.42. The molecule has 0 saturated carbocycles. The lowest BCUT2D eigenvalue weighted by Crippen LogP contribution is -2.25. The SMILES string of the molecule is C=C[C@@]1(Sc2ccccc2)CCCc2ccccc21. The highest BCUT2D eigenvalue weighted by molar-refractivity contribution is 8.00. The van der Waals surface area contributed by atoms with Gasteiger partial charge in [-0.25, -0.2) is 0 Å². The van der Waals surface area contributed by atoms with E-state index in [0.717, 1.165) is 0 Å². The van der Waals surface area contributed by atoms with Gasteiger partial charge in [-0.1, -0.05) is 48.5 Å². The third-order valence-corrected chi connectivity index (χ3v) is 5.30. The summed E-state index contributed by atoms with van der Waals surface area (Å²) in [6.07, 6.45) is 5.75. The van der Waals surface area contributed by atoms with Gasteiger partial charge in [-0.2, -0.15) is 0 Å². The average molecular weight is 266 g/mol. The van der Waals surface area contributed by atoms with Crippen LogP contribution in [0.4, 0.5) is 0 Å². The molecule has 96 valence electrons. The first-order valence-electron chi connectivity index (χ1n) is 6.80. The molecule has 0 fully saturated rings. The highest BCUT2D eigenvalue weighted by Gasteiger charge is 2.34. The van der Waals surface area contributed by atoms with Gasteiger partial charge in [0.25, 0.3) is 0 Å². The van der Waals surface area contributed by atoms with Crippen LogP contribution in [-0.2, 0) is 11.2 Å². The monoisotopic (exact) mass is 266 g/mol. The molecular weight excluding hydrogens is 248 g/mol. The molecule has 0 unspecified atom stereocenters. The van der Waals surface area contributed by atoms with E-state index in [1.807, 2.05) is 11.8 Å². The van der Waals surface area contributed by atoms with E-state index in [0.29, 0.717) is 0 Å². The predicted molar refractivity (Wildman–Crippen MR) is 83.6 cm³/mol. The maximum Gasteiger partial charge on any atom is 0.0635 e. The standard InChI is InChI=1S/C18H18S/c1-2-18(19-16-11-4-3-5-12-16)14-8-10-15-9-6-7-13-17(15)18/h2-7,9,11-13H,1,8,10,14H2/t18-/m1/s1. The van der Waals surface area contributed by atoms with Gasteiger partial charge >= 0.3 is 0 Å². The second kappa shape index (κ2) is 5.26. The highest BCUT2D eigenvalue weighted by Crippen LogP contribution is 2.49. The number of thioether (sulfide) groups is 1. The third kappa shape index (κ3) is 2.35. The van der Waals surface area contributed by atoms with E-state index < -0.39 is 0 Å². The van der Waals surface area contributed by atoms with E-state index in [4.69, 9.17) is 0 Å². The second-order valence-electron chi connectivity index (χ2n) is 5.02. The van der Waals surface area contributed by atoms with Crippen molar-refractivity contribution >= 4 is 11.8 Å². The lowest BCUT2D eigenvalue weighted by Gasteiger charge is -2.36. The molecule has 0 N–H and O–H groups in total. The summed E-state index contributed by atoms with van der Waals surface area (Å²) in [6, 6.07) is 19.5. The van der Waals surface area contributed by atoms with Crippen molar-refractivity contribution in [2.24, 2.45) is 0 Å². The molecule has 0 saturated heterocycles. The molecular formula is C18H18S. The third-order valence-electron chi connectivity index (χ3n) is 3.84. The van der Waals surface area contributed by atoms with E-state index in [-0.39, 0.29) is 4.75 Å². The summed E-state index contributed by atoms with van der Waals surface area (Å²) in [6.45, 7) is 4.13. The molecule has 19 heavy (non-hydrogen) atoms. The molecule has 0 bridgehead atoms. The van der Waals surface area contributed by atoms with Gasteiger partial charge in [0.2, 0.25) is 0 Å². The van der Waals surface area contributed by atoms with Gasteiger partial charge in [-0.05, 0) is 42.5 Å². The molecule has 0 amide bonds. The van der Waals surface area contributed by atoms with Gasteiger partial charge in [0.1, 0.15) is 0 Å². The minimum atomic E-state index is 0.0379. The van der Waals surface area contributed by atoms with Gasteiger partial charge in [-0.15, -0.1) is 18.3 Å². The van der Waals surface area contributed by atoms with E-state index in [2.05, 4.69) is 67.3 Å². The zero-order chi connectivity index (χ0) is 13.1. The Balaban J connectivity index is 2.03. The zero-order valence-corrected chi connectivity index (χ0v) is 11.8. The number of benzene rings is 2. The molecule has 2 aromatic carbocycles. The van der Waals surface area contributed by atoms with Crippen molar-refractivity contribution in [3.63, 3.8) is 0 Å². The highest BCUT2D eigenvalue weighted by atomic mass is 32.2. The fourth-order valence-electron chi connectivity index (χ4n) is 2.89. The average Bonchev–Trinajstić information content (AvgIpc) is 2.49. The van der Waals surface area contributed by atoms with Crippen molar-refractivity contribution in [2.75, 3.05) is 0 Å². The zero-order valence-electron chi connectivity index (χ0n) is 11.0. The van der Waals surface area contributed by atoms with Crippen LogP contribution in [0, 0.1) is 0 Å². The first-order chi connectivity index (χ1) is 9.34. The Hall–Kier alpha value is -1.47. The molecule has 1 heteroatoms. The van der Waals surface area contributed by atoms with Crippen LogP contribution in [0.1, 0.15) is 24.0 Å². The fourth-order valence-corrected chi connectivity index (χ4v) is 4.24. The number of aryl methyl sites for hydroxylation is 1. The van der Waals surface area contributed by atoms with Crippen molar-refractivity contribution in [3.05, 3.63) is 78.4 Å². The molecule has 3 rings (SSSR count). The molecule has 1 aliphatic carbocycles. The van der Waals surface area contributed by atoms with Gasteiger partial charge in [0, 0.05) is 4.90 Å². The van der Waals surface area contributed by atoms with Crippen LogP contribution < -0.4 is 0 Å². The van der Waals surface area contributed by atoms with Gasteiger partial charge in [0.15, 0.2) is 0 Å². The summed E-state index contributed by atoms with van der Waals surface area (Å²) in [7, 11) is 0. The fraction of sp³-hybridized carbons (Fsp3) is 0.222. The van der Waals surface area contributed by atoms with Crippen LogP contribution in [0.5, 0.6) is 0 Å². The van der Waals surface area contributed by atoms with Crippen LogP contribution in [0.25, 0.3) is 0 Å². The molecule has 0 radical (unpaired) electrons. The Bertz CT molecular complexity index is 573. The van der Waals surface area contributed by atoms with Crippen molar-refractivity contribution in [2.45, 2.75) is 28.9 Å². The van der Waals surface area contributed by atoms with Gasteiger partial charge < -0.3 is 0 Å². The molecule has 1 atom stereocenters. The maximum absolute atomic E-state index is 4.13. The number of hydrogen-bond donors (Lipinski definition) is 0. The Labute approximate surface area is 119 Å². The van der Waals surface area contributed by atoms with E-state index in [1.54, 1.807) is 0 Å². The molecule has 1 aliphatic rings. The topological polar surface area (TPSA) is 0 Å². The first kappa shape index (κ1) is 12.6. The lowest BCUT2D eigenvalue weighted by molar-refractivity contribution is 0.589. The Morgan fingerprint density at radius 1 is 1.00 bits per heavy atom. The summed E-state index contributed by atoms with van der Waals surface area (Å²) in [5.74, 6) is 0.